The van der Waals surface area contributed by atoms with Crippen LogP contribution < -0.4 is 26.6 Å². The molecule has 5 amide bonds. The van der Waals surface area contributed by atoms with E-state index < -0.39 is 83.2 Å². The van der Waals surface area contributed by atoms with Crippen molar-refractivity contribution in [3.8, 4) is 0 Å². The van der Waals surface area contributed by atoms with E-state index in [2.05, 4.69) is 41.5 Å². The molecule has 17 nitrogen and oxygen atoms in total. The summed E-state index contributed by atoms with van der Waals surface area (Å²) in [6.07, 6.45) is 15.3. The van der Waals surface area contributed by atoms with Gasteiger partial charge in [0.25, 0.3) is 0 Å². The van der Waals surface area contributed by atoms with E-state index in [9.17, 15) is 28.8 Å². The van der Waals surface area contributed by atoms with Crippen molar-refractivity contribution in [1.82, 2.24) is 51.0 Å². The molecule has 5 N–H and O–H groups in total. The van der Waals surface area contributed by atoms with Crippen LogP contribution in [0.1, 0.15) is 103 Å². The fourth-order valence-corrected chi connectivity index (χ4v) is 7.68. The van der Waals surface area contributed by atoms with Gasteiger partial charge < -0.3 is 40.8 Å². The quantitative estimate of drug-likeness (QED) is 0.0503. The number of likely N-dealkylation sites (N-methyl/N-ethyl adjacent to an activating group) is 2. The first-order valence-corrected chi connectivity index (χ1v) is 23.9. The van der Waals surface area contributed by atoms with Crippen LogP contribution in [0.15, 0.2) is 92.0 Å². The number of amides is 5. The summed E-state index contributed by atoms with van der Waals surface area (Å²) in [5.74, 6) is -4.35. The van der Waals surface area contributed by atoms with Crippen molar-refractivity contribution in [2.75, 3.05) is 14.1 Å². The standard InChI is InChI=1S/C51H71FN10O7/c1-8-10-21-40(57-47(65)42(29-35-17-14-24-54-32-35)59-45(63)39(53-6)23-16-27-62-28-26-56-34-62)46(64)60-43(31-37-19-12-13-20-38(37)52)48(66)58-41(22-11-9-2)49(67)61(7)44(50(68)69-51(3,4)5)30-36-18-15-25-55-33-36/h12-15,17-20,24-26,28,32-34,39-44,53H,8-11,16,21-23,27,29-31H2,1-7H3,(H,57,65)(H,58,66)(H,59,63)(H,60,64)/t39-,40-,41-,42-,43-,44-/m0/s1. The number of aryl methyl sites for hydroxylation is 1. The van der Waals surface area contributed by atoms with Gasteiger partial charge in [-0.1, -0.05) is 69.9 Å². The van der Waals surface area contributed by atoms with E-state index in [0.717, 1.165) is 0 Å². The largest absolute Gasteiger partial charge is 0.458 e. The number of carbonyl (C=O) groups is 6. The van der Waals surface area contributed by atoms with Crippen molar-refractivity contribution >= 4 is 35.5 Å². The molecule has 0 bridgehead atoms. The molecule has 3 aromatic heterocycles. The Kier molecular flexibility index (Phi) is 22.4. The van der Waals surface area contributed by atoms with Gasteiger partial charge in [0, 0.05) is 70.0 Å². The van der Waals surface area contributed by atoms with Crippen molar-refractivity contribution < 1.29 is 37.9 Å². The van der Waals surface area contributed by atoms with Gasteiger partial charge in [-0.15, -0.1) is 0 Å². The minimum absolute atomic E-state index is 0.0654. The van der Waals surface area contributed by atoms with Crippen LogP contribution in [0.3, 0.4) is 0 Å². The van der Waals surface area contributed by atoms with Crippen LogP contribution in [0.4, 0.5) is 4.39 Å². The molecule has 4 rings (SSSR count). The number of esters is 1. The molecule has 18 heteroatoms. The predicted molar refractivity (Wildman–Crippen MR) is 259 cm³/mol. The molecule has 0 aliphatic rings. The Labute approximate surface area is 405 Å². The van der Waals surface area contributed by atoms with E-state index in [-0.39, 0.29) is 37.7 Å². The van der Waals surface area contributed by atoms with Crippen molar-refractivity contribution in [2.24, 2.45) is 0 Å². The van der Waals surface area contributed by atoms with E-state index in [1.807, 2.05) is 24.6 Å². The lowest BCUT2D eigenvalue weighted by atomic mass is 10.0. The number of ether oxygens (including phenoxy) is 1. The van der Waals surface area contributed by atoms with Gasteiger partial charge in [0.05, 0.1) is 12.4 Å². The fourth-order valence-electron chi connectivity index (χ4n) is 7.68. The Hall–Kier alpha value is -6.56. The lowest BCUT2D eigenvalue weighted by molar-refractivity contribution is -0.164. The summed E-state index contributed by atoms with van der Waals surface area (Å²) >= 11 is 0. The van der Waals surface area contributed by atoms with Crippen molar-refractivity contribution in [3.63, 3.8) is 0 Å². The molecule has 1 aromatic carbocycles. The summed E-state index contributed by atoms with van der Waals surface area (Å²) in [5, 5.41) is 14.4. The number of nitrogens with one attached hydrogen (secondary N) is 5. The molecule has 6 atom stereocenters. The van der Waals surface area contributed by atoms with Crippen LogP contribution in [-0.2, 0) is 59.3 Å². The first-order chi connectivity index (χ1) is 33.0. The fraction of sp³-hybridized carbons (Fsp3) is 0.510. The third-order valence-electron chi connectivity index (χ3n) is 11.5. The number of carbonyl (C=O) groups excluding carboxylic acids is 6. The second kappa shape index (κ2) is 28.1. The number of aromatic nitrogens is 4. The zero-order chi connectivity index (χ0) is 50.3. The minimum atomic E-state index is -1.42. The van der Waals surface area contributed by atoms with Crippen LogP contribution in [0.5, 0.6) is 0 Å². The second-order valence-corrected chi connectivity index (χ2v) is 18.2. The highest BCUT2D eigenvalue weighted by Crippen LogP contribution is 2.18. The lowest BCUT2D eigenvalue weighted by Crippen LogP contribution is -2.60. The third kappa shape index (κ3) is 18.5. The summed E-state index contributed by atoms with van der Waals surface area (Å²) < 4.78 is 23.0. The maximum Gasteiger partial charge on any atom is 0.329 e. The normalized spacial score (nSPS) is 14.0. The van der Waals surface area contributed by atoms with Crippen molar-refractivity contribution in [2.45, 2.75) is 154 Å². The zero-order valence-corrected chi connectivity index (χ0v) is 41.1. The Bertz CT molecular complexity index is 2230. The van der Waals surface area contributed by atoms with Crippen LogP contribution in [0, 0.1) is 5.82 Å². The van der Waals surface area contributed by atoms with E-state index in [4.69, 9.17) is 4.74 Å². The maximum absolute atomic E-state index is 15.3. The molecule has 0 aliphatic carbocycles. The molecule has 0 radical (unpaired) electrons. The van der Waals surface area contributed by atoms with Gasteiger partial charge in [-0.25, -0.2) is 14.2 Å². The summed E-state index contributed by atoms with van der Waals surface area (Å²) in [6, 6.07) is 6.28. The predicted octanol–water partition coefficient (Wildman–Crippen LogP) is 4.40. The number of halogens is 1. The van der Waals surface area contributed by atoms with E-state index in [0.29, 0.717) is 56.2 Å². The average molecular weight is 955 g/mol. The highest BCUT2D eigenvalue weighted by Gasteiger charge is 2.37. The molecule has 374 valence electrons. The molecule has 0 unspecified atom stereocenters. The number of unbranched alkanes of at least 4 members (excludes halogenated alkanes) is 2. The Balaban J connectivity index is 1.60. The van der Waals surface area contributed by atoms with Gasteiger partial charge >= 0.3 is 5.97 Å². The molecular formula is C51H71FN10O7. The highest BCUT2D eigenvalue weighted by atomic mass is 19.1. The maximum atomic E-state index is 15.3. The van der Waals surface area contributed by atoms with Crippen LogP contribution in [-0.4, -0.2) is 116 Å². The van der Waals surface area contributed by atoms with Crippen LogP contribution in [0.25, 0.3) is 0 Å². The van der Waals surface area contributed by atoms with E-state index in [1.165, 1.54) is 30.1 Å². The molecule has 4 aromatic rings. The molecular weight excluding hydrogens is 884 g/mol. The van der Waals surface area contributed by atoms with Gasteiger partial charge in [0.2, 0.25) is 29.5 Å². The number of hydrogen-bond acceptors (Lipinski definition) is 11. The lowest BCUT2D eigenvalue weighted by Gasteiger charge is -2.33. The SMILES string of the molecule is CCCC[C@H](NC(=O)[C@H](Cc1cccnc1)NC(=O)[C@H](CCCn1ccnc1)NC)C(=O)N[C@@H](Cc1ccccc1F)C(=O)N[C@@H](CCCC)C(=O)N(C)[C@@H](Cc1cccnc1)C(=O)OC(C)(C)C. The minimum Gasteiger partial charge on any atom is -0.458 e. The second-order valence-electron chi connectivity index (χ2n) is 18.2. The van der Waals surface area contributed by atoms with Crippen LogP contribution >= 0.6 is 0 Å². The number of benzene rings is 1. The number of imidazole rings is 1. The number of rotatable bonds is 28. The summed E-state index contributed by atoms with van der Waals surface area (Å²) in [6.45, 7) is 9.69. The summed E-state index contributed by atoms with van der Waals surface area (Å²) in [5.41, 5.74) is 0.625. The molecule has 69 heavy (non-hydrogen) atoms. The highest BCUT2D eigenvalue weighted by molar-refractivity contribution is 5.96. The van der Waals surface area contributed by atoms with Gasteiger partial charge in [0.1, 0.15) is 41.6 Å². The Morgan fingerprint density at radius 3 is 1.75 bits per heavy atom. The van der Waals surface area contributed by atoms with Gasteiger partial charge in [-0.2, -0.15) is 0 Å². The Morgan fingerprint density at radius 1 is 0.667 bits per heavy atom. The topological polar surface area (TPSA) is 219 Å². The molecule has 0 saturated heterocycles. The number of nitrogens with zero attached hydrogens (tertiary/aromatic N) is 5. The Morgan fingerprint density at radius 2 is 1.20 bits per heavy atom. The molecule has 0 aliphatic heterocycles. The monoisotopic (exact) mass is 955 g/mol. The van der Waals surface area contributed by atoms with Gasteiger partial charge in [-0.05, 0) is 88.4 Å². The third-order valence-corrected chi connectivity index (χ3v) is 11.5. The smallest absolute Gasteiger partial charge is 0.329 e. The van der Waals surface area contributed by atoms with Gasteiger partial charge in [-0.3, -0.25) is 33.9 Å². The van der Waals surface area contributed by atoms with Crippen LogP contribution in [0.2, 0.25) is 0 Å². The van der Waals surface area contributed by atoms with Crippen molar-refractivity contribution in [3.05, 3.63) is 115 Å². The zero-order valence-electron chi connectivity index (χ0n) is 41.1. The summed E-state index contributed by atoms with van der Waals surface area (Å²) in [7, 11) is 3.14. The van der Waals surface area contributed by atoms with Crippen molar-refractivity contribution in [1.29, 1.82) is 0 Å². The number of hydrogen-bond donors (Lipinski definition) is 5. The molecule has 3 heterocycles. The molecule has 0 fully saturated rings. The van der Waals surface area contributed by atoms with Gasteiger partial charge in [0.15, 0.2) is 0 Å². The van der Waals surface area contributed by atoms with E-state index in [1.54, 1.807) is 95.5 Å². The molecule has 0 saturated carbocycles. The average Bonchev–Trinajstić information content (AvgIpc) is 3.85. The number of pyridine rings is 2. The first kappa shape index (κ1) is 55.0. The first-order valence-electron chi connectivity index (χ1n) is 23.9. The molecule has 0 spiro atoms. The summed E-state index contributed by atoms with van der Waals surface area (Å²) in [4.78, 5) is 98.9. The van der Waals surface area contributed by atoms with E-state index >= 15 is 4.39 Å².